The zero-order chi connectivity index (χ0) is 39.3. The third kappa shape index (κ3) is 11.2. The summed E-state index contributed by atoms with van der Waals surface area (Å²) < 4.78 is 111. The van der Waals surface area contributed by atoms with E-state index in [2.05, 4.69) is 0 Å². The van der Waals surface area contributed by atoms with E-state index in [0.29, 0.717) is 36.2 Å². The number of rotatable bonds is 11. The van der Waals surface area contributed by atoms with Crippen LogP contribution in [0.25, 0.3) is 11.1 Å². The lowest BCUT2D eigenvalue weighted by Crippen LogP contribution is -2.32. The van der Waals surface area contributed by atoms with Gasteiger partial charge in [-0.25, -0.2) is 8.78 Å². The maximum atomic E-state index is 15.1. The van der Waals surface area contributed by atoms with Gasteiger partial charge in [0.05, 0.1) is 23.6 Å². The average Bonchev–Trinajstić information content (AvgIpc) is 2.94. The van der Waals surface area contributed by atoms with Crippen LogP contribution in [0.2, 0.25) is 0 Å². The highest BCUT2D eigenvalue weighted by molar-refractivity contribution is 5.80. The van der Waals surface area contributed by atoms with Gasteiger partial charge in [-0.15, -0.1) is 0 Å². The van der Waals surface area contributed by atoms with Crippen LogP contribution in [0.4, 0.5) is 35.1 Å². The Morgan fingerprint density at radius 2 is 1.39 bits per heavy atom. The smallest absolute Gasteiger partial charge is 0.419 e. The maximum Gasteiger partial charge on any atom is 0.419 e. The van der Waals surface area contributed by atoms with Crippen molar-refractivity contribution in [2.75, 3.05) is 20.6 Å². The Hall–Kier alpha value is -4.07. The van der Waals surface area contributed by atoms with Crippen molar-refractivity contribution in [3.63, 3.8) is 0 Å². The van der Waals surface area contributed by atoms with Crippen molar-refractivity contribution < 1.29 is 49.8 Å². The first-order valence-corrected chi connectivity index (χ1v) is 16.1. The van der Waals surface area contributed by atoms with E-state index in [1.807, 2.05) is 13.8 Å². The number of carbonyl (C=O) groups excluding carboxylic acids is 1. The fourth-order valence-electron chi connectivity index (χ4n) is 6.01. The Morgan fingerprint density at radius 3 is 1.82 bits per heavy atom. The molecule has 2 aromatic carbocycles. The third-order valence-electron chi connectivity index (χ3n) is 8.26. The van der Waals surface area contributed by atoms with E-state index in [-0.39, 0.29) is 34.8 Å². The Labute approximate surface area is 292 Å². The number of aliphatic carboxylic acids is 1. The number of carboxylic acids is 1. The molecule has 0 spiro atoms. The normalized spacial score (nSPS) is 13.2. The topological polar surface area (TPSA) is 79.6 Å². The minimum absolute atomic E-state index is 0.0332. The molecule has 0 aliphatic heterocycles. The van der Waals surface area contributed by atoms with Crippen LogP contribution >= 0.6 is 0 Å². The molecule has 0 aliphatic rings. The van der Waals surface area contributed by atoms with Crippen LogP contribution in [-0.4, -0.2) is 47.0 Å². The number of likely N-dealkylation sites (N-methyl/N-ethyl adjacent to an activating group) is 1. The lowest BCUT2D eigenvalue weighted by atomic mass is 9.87. The largest absolute Gasteiger partial charge is 0.481 e. The predicted octanol–water partition coefficient (Wildman–Crippen LogP) is 9.30. The first-order valence-electron chi connectivity index (χ1n) is 16.1. The maximum absolute atomic E-state index is 15.1. The number of hydrogen-bond acceptors (Lipinski definition) is 4. The highest BCUT2D eigenvalue weighted by Gasteiger charge is 2.39. The van der Waals surface area contributed by atoms with Crippen LogP contribution in [0.5, 0.6) is 0 Å². The molecule has 0 bridgehead atoms. The van der Waals surface area contributed by atoms with E-state index in [9.17, 15) is 45.1 Å². The summed E-state index contributed by atoms with van der Waals surface area (Å²) in [6.45, 7) is 11.8. The zero-order valence-electron chi connectivity index (χ0n) is 30.0. The number of halogens is 8. The molecule has 6 nitrogen and oxygen atoms in total. The standard InChI is InChI=1S/C20H19F5O2.C17H25F3N2O2/c1-9-5-10(2)16(11(3)6-9)13-8-14(20(23,24)25)19(22)17(18(13)21)12(4)7-15(26)27;1-11(2)8-15(12(3)23)22-10-13(6-7-21(4)5)14(9-16(22)24)17(18,19)20/h5-6,8,12H,7H2,1-4H3,(H,26,27);9-11,15H,6-8H2,1-5H3/t12-;/m0./s1. The number of hydrogen-bond donors (Lipinski definition) is 1. The van der Waals surface area contributed by atoms with Crippen LogP contribution in [0.15, 0.2) is 35.3 Å². The van der Waals surface area contributed by atoms with Crippen molar-refractivity contribution in [2.45, 2.75) is 92.0 Å². The van der Waals surface area contributed by atoms with Gasteiger partial charge in [-0.3, -0.25) is 14.4 Å². The van der Waals surface area contributed by atoms with E-state index in [0.717, 1.165) is 10.1 Å². The quantitative estimate of drug-likeness (QED) is 0.199. The van der Waals surface area contributed by atoms with Gasteiger partial charge < -0.3 is 14.6 Å². The van der Waals surface area contributed by atoms with Crippen molar-refractivity contribution in [3.05, 3.63) is 91.4 Å². The summed E-state index contributed by atoms with van der Waals surface area (Å²) in [5, 5.41) is 8.89. The van der Waals surface area contributed by atoms with Gasteiger partial charge in [-0.2, -0.15) is 26.3 Å². The summed E-state index contributed by atoms with van der Waals surface area (Å²) in [5.41, 5.74) is -2.34. The van der Waals surface area contributed by atoms with Crippen LogP contribution in [0.1, 0.15) is 91.4 Å². The summed E-state index contributed by atoms with van der Waals surface area (Å²) in [6, 6.07) is 3.73. The average molecular weight is 733 g/mol. The lowest BCUT2D eigenvalue weighted by Gasteiger charge is -2.22. The Bertz CT molecular complexity index is 1770. The monoisotopic (exact) mass is 732 g/mol. The van der Waals surface area contributed by atoms with Crippen LogP contribution < -0.4 is 5.56 Å². The van der Waals surface area contributed by atoms with Crippen LogP contribution in [0, 0.1) is 38.3 Å². The first-order chi connectivity index (χ1) is 23.3. The molecular formula is C37H44F8N2O4. The van der Waals surface area contributed by atoms with Gasteiger partial charge in [-0.05, 0) is 94.8 Å². The highest BCUT2D eigenvalue weighted by atomic mass is 19.4. The molecule has 2 atom stereocenters. The van der Waals surface area contributed by atoms with Gasteiger partial charge in [0.2, 0.25) is 0 Å². The second-order valence-electron chi connectivity index (χ2n) is 13.5. The van der Waals surface area contributed by atoms with Gasteiger partial charge in [0.25, 0.3) is 5.56 Å². The van der Waals surface area contributed by atoms with E-state index < -0.39 is 70.6 Å². The number of nitrogens with zero attached hydrogens (tertiary/aromatic N) is 2. The molecular weight excluding hydrogens is 688 g/mol. The van der Waals surface area contributed by atoms with Crippen LogP contribution in [-0.2, 0) is 28.4 Å². The van der Waals surface area contributed by atoms with Crippen molar-refractivity contribution in [1.29, 1.82) is 0 Å². The molecule has 0 saturated heterocycles. The van der Waals surface area contributed by atoms with Crippen molar-refractivity contribution in [3.8, 4) is 11.1 Å². The van der Waals surface area contributed by atoms with E-state index >= 15 is 4.39 Å². The molecule has 1 aromatic heterocycles. The Balaban J connectivity index is 0.000000356. The van der Waals surface area contributed by atoms with Crippen molar-refractivity contribution in [1.82, 2.24) is 9.47 Å². The fraction of sp³-hybridized carbons (Fsp3) is 0.486. The van der Waals surface area contributed by atoms with Gasteiger partial charge in [0.15, 0.2) is 5.78 Å². The van der Waals surface area contributed by atoms with Gasteiger partial charge >= 0.3 is 18.3 Å². The van der Waals surface area contributed by atoms with Gasteiger partial charge in [0, 0.05) is 29.9 Å². The van der Waals surface area contributed by atoms with E-state index in [4.69, 9.17) is 5.11 Å². The second kappa shape index (κ2) is 17.0. The summed E-state index contributed by atoms with van der Waals surface area (Å²) in [6.07, 6.45) is -8.56. The summed E-state index contributed by atoms with van der Waals surface area (Å²) >= 11 is 0. The number of carbonyl (C=O) groups is 2. The van der Waals surface area contributed by atoms with E-state index in [1.54, 1.807) is 51.9 Å². The second-order valence-corrected chi connectivity index (χ2v) is 13.5. The number of Topliss-reactive ketones (excluding diaryl/α,β-unsaturated/α-hetero) is 1. The number of aromatic nitrogens is 1. The van der Waals surface area contributed by atoms with Crippen molar-refractivity contribution >= 4 is 11.8 Å². The number of benzene rings is 2. The lowest BCUT2D eigenvalue weighted by molar-refractivity contribution is -0.140. The predicted molar refractivity (Wildman–Crippen MR) is 179 cm³/mol. The molecule has 3 aromatic rings. The SMILES string of the molecule is CC(=O)C(CC(C)C)n1cc(CCN(C)C)c(C(F)(F)F)cc1=O.Cc1cc(C)c(-c2cc(C(F)(F)F)c(F)c([C@@H](C)CC(=O)O)c2F)c(C)c1. The Morgan fingerprint density at radius 1 is 0.863 bits per heavy atom. The molecule has 0 radical (unpaired) electrons. The molecule has 1 unspecified atom stereocenters. The molecule has 14 heteroatoms. The van der Waals surface area contributed by atoms with Gasteiger partial charge in [0.1, 0.15) is 11.6 Å². The Kier molecular flexibility index (Phi) is 14.3. The zero-order valence-corrected chi connectivity index (χ0v) is 30.0. The molecule has 0 saturated carbocycles. The molecule has 1 heterocycles. The fourth-order valence-corrected chi connectivity index (χ4v) is 6.01. The number of carboxylic acid groups (broad SMARTS) is 1. The summed E-state index contributed by atoms with van der Waals surface area (Å²) in [7, 11) is 3.53. The van der Waals surface area contributed by atoms with Crippen LogP contribution in [0.3, 0.4) is 0 Å². The highest BCUT2D eigenvalue weighted by Crippen LogP contribution is 2.42. The minimum Gasteiger partial charge on any atom is -0.481 e. The molecule has 3 rings (SSSR count). The van der Waals surface area contributed by atoms with E-state index in [1.165, 1.54) is 20.0 Å². The molecule has 282 valence electrons. The first kappa shape index (κ1) is 43.1. The van der Waals surface area contributed by atoms with Crippen molar-refractivity contribution in [2.24, 2.45) is 5.92 Å². The number of alkyl halides is 6. The molecule has 0 fully saturated rings. The number of aryl methyl sites for hydroxylation is 3. The third-order valence-corrected chi connectivity index (χ3v) is 8.26. The summed E-state index contributed by atoms with van der Waals surface area (Å²) in [5.74, 6) is -5.65. The molecule has 51 heavy (non-hydrogen) atoms. The minimum atomic E-state index is -5.04. The molecule has 0 aliphatic carbocycles. The number of pyridine rings is 1. The van der Waals surface area contributed by atoms with Gasteiger partial charge in [-0.1, -0.05) is 38.5 Å². The summed E-state index contributed by atoms with van der Waals surface area (Å²) in [4.78, 5) is 36.8. The number of ketones is 1. The molecule has 0 amide bonds. The molecule has 1 N–H and O–H groups in total.